The molecule has 1 amide bonds. The Balaban J connectivity index is 1.55. The average molecular weight is 428 g/mol. The lowest BCUT2D eigenvalue weighted by Gasteiger charge is -2.35. The van der Waals surface area contributed by atoms with Crippen LogP contribution in [-0.2, 0) is 11.0 Å². The standard InChI is InChI=1S/C20H21ClF3N3O2/c1-13-7-14(2)9-16(8-13)29-12-18(28)26-3-5-27(6-4-26)19-17(21)10-15(11-25-19)20(22,23)24/h7-11H,3-6,12H2,1-2H3. The summed E-state index contributed by atoms with van der Waals surface area (Å²) in [5.74, 6) is 0.795. The van der Waals surface area contributed by atoms with Gasteiger partial charge in [-0.25, -0.2) is 4.98 Å². The van der Waals surface area contributed by atoms with E-state index in [4.69, 9.17) is 16.3 Å². The minimum atomic E-state index is -4.49. The van der Waals surface area contributed by atoms with Crippen LogP contribution in [0.5, 0.6) is 5.75 Å². The summed E-state index contributed by atoms with van der Waals surface area (Å²) < 4.78 is 43.9. The fourth-order valence-electron chi connectivity index (χ4n) is 3.24. The van der Waals surface area contributed by atoms with Gasteiger partial charge in [0.2, 0.25) is 0 Å². The van der Waals surface area contributed by atoms with Gasteiger partial charge in [-0.2, -0.15) is 13.2 Å². The normalized spacial score (nSPS) is 14.8. The van der Waals surface area contributed by atoms with Gasteiger partial charge in [-0.05, 0) is 43.2 Å². The Kier molecular flexibility index (Phi) is 6.21. The number of aryl methyl sites for hydroxylation is 2. The Morgan fingerprint density at radius 2 is 1.72 bits per heavy atom. The highest BCUT2D eigenvalue weighted by molar-refractivity contribution is 6.33. The van der Waals surface area contributed by atoms with Gasteiger partial charge < -0.3 is 14.5 Å². The Hall–Kier alpha value is -2.48. The molecule has 0 atom stereocenters. The number of hydrogen-bond donors (Lipinski definition) is 0. The molecular weight excluding hydrogens is 407 g/mol. The second-order valence-electron chi connectivity index (χ2n) is 7.01. The van der Waals surface area contributed by atoms with Crippen molar-refractivity contribution in [3.63, 3.8) is 0 Å². The van der Waals surface area contributed by atoms with Gasteiger partial charge in [-0.1, -0.05) is 17.7 Å². The number of anilines is 1. The van der Waals surface area contributed by atoms with Crippen LogP contribution in [0.4, 0.5) is 19.0 Å². The third kappa shape index (κ3) is 5.32. The van der Waals surface area contributed by atoms with Gasteiger partial charge in [0.15, 0.2) is 6.61 Å². The molecule has 0 N–H and O–H groups in total. The number of ether oxygens (including phenoxy) is 1. The lowest BCUT2D eigenvalue weighted by atomic mass is 10.1. The molecular formula is C20H21ClF3N3O2. The first kappa shape index (κ1) is 21.2. The quantitative estimate of drug-likeness (QED) is 0.737. The third-order valence-electron chi connectivity index (χ3n) is 4.64. The molecule has 1 aliphatic rings. The van der Waals surface area contributed by atoms with Gasteiger partial charge in [0.25, 0.3) is 5.91 Å². The lowest BCUT2D eigenvalue weighted by molar-refractivity contribution is -0.138. The molecule has 1 aromatic carbocycles. The second kappa shape index (κ2) is 8.49. The summed E-state index contributed by atoms with van der Waals surface area (Å²) in [6.07, 6.45) is -3.72. The number of amides is 1. The van der Waals surface area contributed by atoms with Gasteiger partial charge in [-0.15, -0.1) is 0 Å². The van der Waals surface area contributed by atoms with E-state index < -0.39 is 11.7 Å². The monoisotopic (exact) mass is 427 g/mol. The van der Waals surface area contributed by atoms with Crippen molar-refractivity contribution in [1.82, 2.24) is 9.88 Å². The molecule has 0 bridgehead atoms. The van der Waals surface area contributed by atoms with E-state index >= 15 is 0 Å². The van der Waals surface area contributed by atoms with Crippen LogP contribution in [0.25, 0.3) is 0 Å². The minimum Gasteiger partial charge on any atom is -0.484 e. The fraction of sp³-hybridized carbons (Fsp3) is 0.400. The predicted octanol–water partition coefficient (Wildman–Crippen LogP) is 4.10. The van der Waals surface area contributed by atoms with Crippen LogP contribution in [-0.4, -0.2) is 48.6 Å². The summed E-state index contributed by atoms with van der Waals surface area (Å²) >= 11 is 6.01. The first-order chi connectivity index (χ1) is 13.6. The van der Waals surface area contributed by atoms with Crippen molar-refractivity contribution in [2.45, 2.75) is 20.0 Å². The molecule has 1 aromatic heterocycles. The molecule has 9 heteroatoms. The van der Waals surface area contributed by atoms with E-state index in [1.807, 2.05) is 32.0 Å². The molecule has 0 unspecified atom stereocenters. The zero-order chi connectivity index (χ0) is 21.2. The molecule has 1 fully saturated rings. The van der Waals surface area contributed by atoms with Crippen molar-refractivity contribution in [2.75, 3.05) is 37.7 Å². The SMILES string of the molecule is Cc1cc(C)cc(OCC(=O)N2CCN(c3ncc(C(F)(F)F)cc3Cl)CC2)c1. The van der Waals surface area contributed by atoms with Gasteiger partial charge in [-0.3, -0.25) is 4.79 Å². The van der Waals surface area contributed by atoms with E-state index in [1.54, 1.807) is 9.80 Å². The molecule has 2 aromatic rings. The predicted molar refractivity (Wildman–Crippen MR) is 104 cm³/mol. The Morgan fingerprint density at radius 1 is 1.10 bits per heavy atom. The maximum atomic E-state index is 12.8. The summed E-state index contributed by atoms with van der Waals surface area (Å²) in [6.45, 7) is 5.52. The van der Waals surface area contributed by atoms with Gasteiger partial charge in [0.1, 0.15) is 11.6 Å². The number of alkyl halides is 3. The largest absolute Gasteiger partial charge is 0.484 e. The summed E-state index contributed by atoms with van der Waals surface area (Å²) in [5.41, 5.74) is 1.23. The highest BCUT2D eigenvalue weighted by Crippen LogP contribution is 2.33. The topological polar surface area (TPSA) is 45.7 Å². The van der Waals surface area contributed by atoms with Crippen LogP contribution in [0.2, 0.25) is 5.02 Å². The first-order valence-electron chi connectivity index (χ1n) is 9.10. The van der Waals surface area contributed by atoms with Crippen molar-refractivity contribution in [2.24, 2.45) is 0 Å². The molecule has 1 aliphatic heterocycles. The summed E-state index contributed by atoms with van der Waals surface area (Å²) in [4.78, 5) is 19.7. The van der Waals surface area contributed by atoms with E-state index in [1.165, 1.54) is 0 Å². The number of halogens is 4. The molecule has 29 heavy (non-hydrogen) atoms. The van der Waals surface area contributed by atoms with Crippen LogP contribution in [0.3, 0.4) is 0 Å². The molecule has 2 heterocycles. The van der Waals surface area contributed by atoms with Crippen LogP contribution in [0.1, 0.15) is 16.7 Å². The molecule has 0 radical (unpaired) electrons. The number of carbonyl (C=O) groups excluding carboxylic acids is 1. The lowest BCUT2D eigenvalue weighted by Crippen LogP contribution is -2.50. The van der Waals surface area contributed by atoms with Gasteiger partial charge in [0.05, 0.1) is 10.6 Å². The Labute approximate surface area is 172 Å². The number of pyridine rings is 1. The smallest absolute Gasteiger partial charge is 0.417 e. The second-order valence-corrected chi connectivity index (χ2v) is 7.41. The molecule has 156 valence electrons. The number of carbonyl (C=O) groups is 1. The van der Waals surface area contributed by atoms with Crippen molar-refractivity contribution in [3.8, 4) is 5.75 Å². The number of piperazine rings is 1. The Bertz CT molecular complexity index is 877. The molecule has 5 nitrogen and oxygen atoms in total. The van der Waals surface area contributed by atoms with Crippen LogP contribution in [0.15, 0.2) is 30.5 Å². The van der Waals surface area contributed by atoms with Gasteiger partial charge in [0, 0.05) is 32.4 Å². The average Bonchev–Trinajstić information content (AvgIpc) is 2.65. The summed E-state index contributed by atoms with van der Waals surface area (Å²) in [6, 6.07) is 6.64. The summed E-state index contributed by atoms with van der Waals surface area (Å²) in [7, 11) is 0. The molecule has 3 rings (SSSR count). The van der Waals surface area contributed by atoms with Crippen LogP contribution >= 0.6 is 11.6 Å². The van der Waals surface area contributed by atoms with Gasteiger partial charge >= 0.3 is 6.18 Å². The van der Waals surface area contributed by atoms with Crippen molar-refractivity contribution in [1.29, 1.82) is 0 Å². The zero-order valence-electron chi connectivity index (χ0n) is 16.1. The van der Waals surface area contributed by atoms with E-state index in [-0.39, 0.29) is 17.5 Å². The third-order valence-corrected chi connectivity index (χ3v) is 4.92. The summed E-state index contributed by atoms with van der Waals surface area (Å²) in [5, 5.41) is -0.0576. The number of nitrogens with zero attached hydrogens (tertiary/aromatic N) is 3. The number of aromatic nitrogens is 1. The highest BCUT2D eigenvalue weighted by Gasteiger charge is 2.32. The first-order valence-corrected chi connectivity index (χ1v) is 9.48. The van der Waals surface area contributed by atoms with E-state index in [2.05, 4.69) is 4.98 Å². The van der Waals surface area contributed by atoms with E-state index in [0.717, 1.165) is 23.4 Å². The van der Waals surface area contributed by atoms with E-state index in [9.17, 15) is 18.0 Å². The molecule has 0 saturated carbocycles. The van der Waals surface area contributed by atoms with Crippen molar-refractivity contribution < 1.29 is 22.7 Å². The number of rotatable bonds is 4. The maximum Gasteiger partial charge on any atom is 0.417 e. The number of benzene rings is 1. The maximum absolute atomic E-state index is 12.8. The molecule has 1 saturated heterocycles. The van der Waals surface area contributed by atoms with Crippen molar-refractivity contribution >= 4 is 23.3 Å². The zero-order valence-corrected chi connectivity index (χ0v) is 16.8. The van der Waals surface area contributed by atoms with Crippen LogP contribution in [0, 0.1) is 13.8 Å². The molecule has 0 aliphatic carbocycles. The number of hydrogen-bond acceptors (Lipinski definition) is 4. The minimum absolute atomic E-state index is 0.0576. The fourth-order valence-corrected chi connectivity index (χ4v) is 3.52. The Morgan fingerprint density at radius 3 is 2.28 bits per heavy atom. The highest BCUT2D eigenvalue weighted by atomic mass is 35.5. The molecule has 0 spiro atoms. The van der Waals surface area contributed by atoms with E-state index in [0.29, 0.717) is 37.7 Å². The van der Waals surface area contributed by atoms with Crippen LogP contribution < -0.4 is 9.64 Å². The van der Waals surface area contributed by atoms with Crippen molar-refractivity contribution in [3.05, 3.63) is 52.2 Å².